The molecule has 2 rings (SSSR count). The SMILES string of the molecule is Cc1cccc([N+](=O)[O-])c1NC(=O)C[NH+](C)Cc1ccc(C(C)(C)C)cc1. The molecule has 144 valence electrons. The molecule has 1 unspecified atom stereocenters. The number of rotatable bonds is 6. The van der Waals surface area contributed by atoms with Crippen LogP contribution in [0.4, 0.5) is 11.4 Å². The smallest absolute Gasteiger partial charge is 0.293 e. The number of para-hydroxylation sites is 1. The summed E-state index contributed by atoms with van der Waals surface area (Å²) < 4.78 is 0. The van der Waals surface area contributed by atoms with Crippen LogP contribution in [0, 0.1) is 17.0 Å². The van der Waals surface area contributed by atoms with Crippen LogP contribution in [0.15, 0.2) is 42.5 Å². The second kappa shape index (κ2) is 8.31. The van der Waals surface area contributed by atoms with E-state index in [2.05, 4.69) is 50.4 Å². The molecule has 2 aromatic carbocycles. The summed E-state index contributed by atoms with van der Waals surface area (Å²) in [5.74, 6) is -0.240. The van der Waals surface area contributed by atoms with Gasteiger partial charge >= 0.3 is 0 Å². The monoisotopic (exact) mass is 370 g/mol. The van der Waals surface area contributed by atoms with E-state index < -0.39 is 4.92 Å². The molecular weight excluding hydrogens is 342 g/mol. The van der Waals surface area contributed by atoms with Gasteiger partial charge in [-0.15, -0.1) is 0 Å². The van der Waals surface area contributed by atoms with Gasteiger partial charge in [0, 0.05) is 11.6 Å². The highest BCUT2D eigenvalue weighted by Crippen LogP contribution is 2.27. The van der Waals surface area contributed by atoms with E-state index in [1.54, 1.807) is 19.1 Å². The normalized spacial score (nSPS) is 12.5. The number of aryl methyl sites for hydroxylation is 1. The van der Waals surface area contributed by atoms with Gasteiger partial charge in [-0.2, -0.15) is 0 Å². The van der Waals surface area contributed by atoms with Crippen molar-refractivity contribution in [2.75, 3.05) is 18.9 Å². The average molecular weight is 370 g/mol. The number of nitro benzene ring substituents is 1. The van der Waals surface area contributed by atoms with Crippen molar-refractivity contribution < 1.29 is 14.6 Å². The Morgan fingerprint density at radius 3 is 2.33 bits per heavy atom. The molecular formula is C21H28N3O3+. The quantitative estimate of drug-likeness (QED) is 0.606. The summed E-state index contributed by atoms with van der Waals surface area (Å²) in [6.07, 6.45) is 0. The molecule has 1 amide bonds. The van der Waals surface area contributed by atoms with Crippen LogP contribution < -0.4 is 10.2 Å². The topological polar surface area (TPSA) is 76.7 Å². The summed E-state index contributed by atoms with van der Waals surface area (Å²) in [5.41, 5.74) is 3.39. The summed E-state index contributed by atoms with van der Waals surface area (Å²) >= 11 is 0. The number of anilines is 1. The van der Waals surface area contributed by atoms with E-state index >= 15 is 0 Å². The van der Waals surface area contributed by atoms with Crippen LogP contribution in [0.5, 0.6) is 0 Å². The highest BCUT2D eigenvalue weighted by molar-refractivity contribution is 5.94. The average Bonchev–Trinajstić information content (AvgIpc) is 2.56. The minimum absolute atomic E-state index is 0.0845. The molecule has 0 heterocycles. The molecule has 0 saturated heterocycles. The fourth-order valence-electron chi connectivity index (χ4n) is 2.96. The maximum atomic E-state index is 12.4. The van der Waals surface area contributed by atoms with E-state index in [1.165, 1.54) is 11.6 Å². The molecule has 0 spiro atoms. The third-order valence-corrected chi connectivity index (χ3v) is 4.50. The van der Waals surface area contributed by atoms with Crippen molar-refractivity contribution in [3.63, 3.8) is 0 Å². The van der Waals surface area contributed by atoms with Crippen LogP contribution in [0.25, 0.3) is 0 Å². The fourth-order valence-corrected chi connectivity index (χ4v) is 2.96. The largest absolute Gasteiger partial charge is 0.326 e. The lowest BCUT2D eigenvalue weighted by Gasteiger charge is -2.20. The van der Waals surface area contributed by atoms with Crippen LogP contribution in [0.2, 0.25) is 0 Å². The summed E-state index contributed by atoms with van der Waals surface area (Å²) in [6, 6.07) is 13.2. The molecule has 27 heavy (non-hydrogen) atoms. The molecule has 1 atom stereocenters. The van der Waals surface area contributed by atoms with E-state index in [9.17, 15) is 14.9 Å². The van der Waals surface area contributed by atoms with Crippen molar-refractivity contribution >= 4 is 17.3 Å². The van der Waals surface area contributed by atoms with Crippen LogP contribution in [0.1, 0.15) is 37.5 Å². The molecule has 0 aromatic heterocycles. The Kier molecular flexibility index (Phi) is 6.33. The van der Waals surface area contributed by atoms with Crippen molar-refractivity contribution in [3.8, 4) is 0 Å². The van der Waals surface area contributed by atoms with Crippen molar-refractivity contribution in [2.45, 2.75) is 39.7 Å². The molecule has 0 radical (unpaired) electrons. The van der Waals surface area contributed by atoms with Gasteiger partial charge in [-0.05, 0) is 23.5 Å². The van der Waals surface area contributed by atoms with E-state index in [0.717, 1.165) is 10.5 Å². The first-order chi connectivity index (χ1) is 12.6. The first kappa shape index (κ1) is 20.6. The molecule has 0 fully saturated rings. The van der Waals surface area contributed by atoms with E-state index in [4.69, 9.17) is 0 Å². The number of nitrogens with zero attached hydrogens (tertiary/aromatic N) is 1. The standard InChI is InChI=1S/C21H27N3O3/c1-15-7-6-8-18(24(26)27)20(15)22-19(25)14-23(5)13-16-9-11-17(12-10-16)21(2,3)4/h6-12H,13-14H2,1-5H3,(H,22,25)/p+1. The third kappa shape index (κ3) is 5.62. The lowest BCUT2D eigenvalue weighted by atomic mass is 9.87. The van der Waals surface area contributed by atoms with E-state index in [-0.39, 0.29) is 29.2 Å². The Balaban J connectivity index is 1.99. The van der Waals surface area contributed by atoms with Gasteiger partial charge in [0.25, 0.3) is 11.6 Å². The van der Waals surface area contributed by atoms with Gasteiger partial charge in [-0.1, -0.05) is 57.2 Å². The maximum absolute atomic E-state index is 12.4. The summed E-state index contributed by atoms with van der Waals surface area (Å²) in [5, 5.41) is 13.9. The van der Waals surface area contributed by atoms with Gasteiger partial charge in [0.1, 0.15) is 12.2 Å². The predicted octanol–water partition coefficient (Wildman–Crippen LogP) is 2.85. The highest BCUT2D eigenvalue weighted by atomic mass is 16.6. The van der Waals surface area contributed by atoms with Crippen LogP contribution in [0.3, 0.4) is 0 Å². The lowest BCUT2D eigenvalue weighted by molar-refractivity contribution is -0.885. The summed E-state index contributed by atoms with van der Waals surface area (Å²) in [6.45, 7) is 9.20. The minimum Gasteiger partial charge on any atom is -0.326 e. The number of nitrogens with one attached hydrogen (secondary N) is 2. The molecule has 0 aliphatic heterocycles. The maximum Gasteiger partial charge on any atom is 0.293 e. The lowest BCUT2D eigenvalue weighted by Crippen LogP contribution is -3.08. The van der Waals surface area contributed by atoms with Crippen LogP contribution in [-0.2, 0) is 16.8 Å². The Morgan fingerprint density at radius 2 is 1.78 bits per heavy atom. The molecule has 0 aliphatic carbocycles. The minimum atomic E-state index is -0.476. The number of hydrogen-bond donors (Lipinski definition) is 2. The highest BCUT2D eigenvalue weighted by Gasteiger charge is 2.20. The van der Waals surface area contributed by atoms with Crippen molar-refractivity contribution in [2.24, 2.45) is 0 Å². The first-order valence-corrected chi connectivity index (χ1v) is 9.02. The van der Waals surface area contributed by atoms with Crippen LogP contribution in [-0.4, -0.2) is 24.4 Å². The Bertz CT molecular complexity index is 824. The van der Waals surface area contributed by atoms with Gasteiger partial charge in [-0.3, -0.25) is 14.9 Å². The third-order valence-electron chi connectivity index (χ3n) is 4.50. The van der Waals surface area contributed by atoms with Crippen LogP contribution >= 0.6 is 0 Å². The molecule has 0 bridgehead atoms. The van der Waals surface area contributed by atoms with Gasteiger partial charge in [0.2, 0.25) is 0 Å². The zero-order valence-electron chi connectivity index (χ0n) is 16.6. The molecule has 2 N–H and O–H groups in total. The molecule has 6 heteroatoms. The Hall–Kier alpha value is -2.73. The summed E-state index contributed by atoms with van der Waals surface area (Å²) in [7, 11) is 1.93. The zero-order chi connectivity index (χ0) is 20.2. The number of carbonyl (C=O) groups is 1. The second-order valence-electron chi connectivity index (χ2n) is 8.03. The number of likely N-dealkylation sites (N-methyl/N-ethyl adjacent to an activating group) is 1. The predicted molar refractivity (Wildman–Crippen MR) is 107 cm³/mol. The molecule has 6 nitrogen and oxygen atoms in total. The van der Waals surface area contributed by atoms with Gasteiger partial charge in [-0.25, -0.2) is 0 Å². The zero-order valence-corrected chi connectivity index (χ0v) is 16.6. The number of amides is 1. The Labute approximate surface area is 160 Å². The van der Waals surface area contributed by atoms with E-state index in [1.807, 2.05) is 7.05 Å². The first-order valence-electron chi connectivity index (χ1n) is 9.02. The number of carbonyl (C=O) groups excluding carboxylic acids is 1. The number of quaternary nitrogens is 1. The second-order valence-corrected chi connectivity index (χ2v) is 8.03. The Morgan fingerprint density at radius 1 is 1.15 bits per heavy atom. The number of nitro groups is 1. The van der Waals surface area contributed by atoms with E-state index in [0.29, 0.717) is 12.1 Å². The molecule has 2 aromatic rings. The van der Waals surface area contributed by atoms with Crippen molar-refractivity contribution in [1.82, 2.24) is 0 Å². The fraction of sp³-hybridized carbons (Fsp3) is 0.381. The van der Waals surface area contributed by atoms with Crippen molar-refractivity contribution in [1.29, 1.82) is 0 Å². The van der Waals surface area contributed by atoms with Gasteiger partial charge < -0.3 is 10.2 Å². The van der Waals surface area contributed by atoms with Crippen molar-refractivity contribution in [3.05, 3.63) is 69.3 Å². The van der Waals surface area contributed by atoms with Gasteiger partial charge in [0.15, 0.2) is 6.54 Å². The number of hydrogen-bond acceptors (Lipinski definition) is 3. The summed E-state index contributed by atoms with van der Waals surface area (Å²) in [4.78, 5) is 24.1. The number of benzene rings is 2. The van der Waals surface area contributed by atoms with Gasteiger partial charge in [0.05, 0.1) is 12.0 Å². The molecule has 0 saturated carbocycles. The molecule has 0 aliphatic rings.